The van der Waals surface area contributed by atoms with Gasteiger partial charge in [0.15, 0.2) is 0 Å². The van der Waals surface area contributed by atoms with Crippen LogP contribution in [0.25, 0.3) is 0 Å². The molecule has 0 aliphatic carbocycles. The van der Waals surface area contributed by atoms with Gasteiger partial charge in [-0.3, -0.25) is 4.79 Å². The van der Waals surface area contributed by atoms with Crippen LogP contribution in [0, 0.1) is 13.8 Å². The first-order valence-electron chi connectivity index (χ1n) is 9.18. The Balaban J connectivity index is 2.12. The third-order valence-electron chi connectivity index (χ3n) is 4.10. The maximum absolute atomic E-state index is 12.7. The summed E-state index contributed by atoms with van der Waals surface area (Å²) < 4.78 is 10.0. The molecule has 2 aromatic rings. The van der Waals surface area contributed by atoms with Crippen molar-refractivity contribution in [2.75, 3.05) is 37.5 Å². The third kappa shape index (κ3) is 5.82. The Labute approximate surface area is 169 Å². The van der Waals surface area contributed by atoms with Crippen LogP contribution < -0.4 is 16.0 Å². The van der Waals surface area contributed by atoms with Crippen LogP contribution in [-0.2, 0) is 9.47 Å². The second kappa shape index (κ2) is 10.3. The number of benzene rings is 1. The highest BCUT2D eigenvalue weighted by atomic mass is 16.6. The second-order valence-corrected chi connectivity index (χ2v) is 6.27. The van der Waals surface area contributed by atoms with Gasteiger partial charge < -0.3 is 30.4 Å². The number of carbonyl (C=O) groups excluding carboxylic acids is 3. The van der Waals surface area contributed by atoms with Crippen molar-refractivity contribution in [2.45, 2.75) is 20.8 Å². The third-order valence-corrected chi connectivity index (χ3v) is 4.10. The summed E-state index contributed by atoms with van der Waals surface area (Å²) >= 11 is 0. The molecule has 0 saturated heterocycles. The summed E-state index contributed by atoms with van der Waals surface area (Å²) in [4.78, 5) is 39.6. The molecule has 0 fully saturated rings. The van der Waals surface area contributed by atoms with Crippen LogP contribution in [0.3, 0.4) is 0 Å². The number of aromatic amines is 1. The van der Waals surface area contributed by atoms with E-state index in [1.165, 1.54) is 7.11 Å². The van der Waals surface area contributed by atoms with E-state index in [4.69, 9.17) is 9.47 Å². The molecule has 0 bridgehead atoms. The van der Waals surface area contributed by atoms with E-state index >= 15 is 0 Å². The van der Waals surface area contributed by atoms with Crippen molar-refractivity contribution in [1.82, 2.24) is 10.3 Å². The highest BCUT2D eigenvalue weighted by molar-refractivity contribution is 6.07. The van der Waals surface area contributed by atoms with Crippen molar-refractivity contribution >= 4 is 29.3 Å². The van der Waals surface area contributed by atoms with Gasteiger partial charge in [0.2, 0.25) is 0 Å². The molecule has 0 aliphatic heterocycles. The number of nitrogens with one attached hydrogen (secondary N) is 4. The predicted molar refractivity (Wildman–Crippen MR) is 110 cm³/mol. The number of ether oxygens (including phenoxy) is 2. The minimum Gasteiger partial charge on any atom is -0.460 e. The lowest BCUT2D eigenvalue weighted by Crippen LogP contribution is -2.28. The van der Waals surface area contributed by atoms with Crippen LogP contribution in [-0.4, -0.2) is 49.8 Å². The van der Waals surface area contributed by atoms with Crippen molar-refractivity contribution in [2.24, 2.45) is 0 Å². The fourth-order valence-corrected chi connectivity index (χ4v) is 2.78. The van der Waals surface area contributed by atoms with Gasteiger partial charge in [-0.1, -0.05) is 6.07 Å². The number of esters is 1. The number of aromatic nitrogens is 1. The van der Waals surface area contributed by atoms with Crippen molar-refractivity contribution in [3.8, 4) is 0 Å². The molecule has 0 unspecified atom stereocenters. The van der Waals surface area contributed by atoms with Crippen LogP contribution in [0.2, 0.25) is 0 Å². The zero-order valence-electron chi connectivity index (χ0n) is 17.0. The lowest BCUT2D eigenvalue weighted by atomic mass is 10.1. The average Bonchev–Trinajstić information content (AvgIpc) is 2.96. The maximum atomic E-state index is 12.7. The lowest BCUT2D eigenvalue weighted by molar-refractivity contribution is 0.0386. The minimum atomic E-state index is -0.513. The van der Waals surface area contributed by atoms with Crippen LogP contribution >= 0.6 is 0 Å². The SMILES string of the molecule is CCNC(=O)Nc1cccc(NC(=O)c2[nH]c(C)c(C(=O)OCCOC)c2C)c1. The molecule has 0 aliphatic rings. The Morgan fingerprint density at radius 1 is 1.07 bits per heavy atom. The number of hydrogen-bond acceptors (Lipinski definition) is 5. The molecule has 9 nitrogen and oxygen atoms in total. The summed E-state index contributed by atoms with van der Waals surface area (Å²) in [7, 11) is 1.52. The lowest BCUT2D eigenvalue weighted by Gasteiger charge is -2.09. The number of hydrogen-bond donors (Lipinski definition) is 4. The summed E-state index contributed by atoms with van der Waals surface area (Å²) in [6.07, 6.45) is 0. The largest absolute Gasteiger partial charge is 0.460 e. The quantitative estimate of drug-likeness (QED) is 0.400. The zero-order valence-corrected chi connectivity index (χ0v) is 17.0. The summed E-state index contributed by atoms with van der Waals surface area (Å²) in [5.41, 5.74) is 2.68. The van der Waals surface area contributed by atoms with Gasteiger partial charge in [-0.2, -0.15) is 0 Å². The highest BCUT2D eigenvalue weighted by Gasteiger charge is 2.23. The van der Waals surface area contributed by atoms with Gasteiger partial charge >= 0.3 is 12.0 Å². The molecule has 3 amide bonds. The van der Waals surface area contributed by atoms with Gasteiger partial charge in [0.1, 0.15) is 12.3 Å². The van der Waals surface area contributed by atoms with Crippen LogP contribution in [0.5, 0.6) is 0 Å². The fraction of sp³-hybridized carbons (Fsp3) is 0.350. The molecule has 9 heteroatoms. The smallest absolute Gasteiger partial charge is 0.340 e. The Kier molecular flexibility index (Phi) is 7.79. The van der Waals surface area contributed by atoms with E-state index in [0.29, 0.717) is 41.3 Å². The number of anilines is 2. The number of rotatable bonds is 8. The molecule has 156 valence electrons. The summed E-state index contributed by atoms with van der Waals surface area (Å²) in [5.74, 6) is -0.919. The molecule has 29 heavy (non-hydrogen) atoms. The first-order chi connectivity index (χ1) is 13.9. The number of carbonyl (C=O) groups is 3. The number of urea groups is 1. The van der Waals surface area contributed by atoms with Gasteiger partial charge in [-0.25, -0.2) is 9.59 Å². The van der Waals surface area contributed by atoms with Gasteiger partial charge in [0, 0.05) is 30.7 Å². The molecular formula is C20H26N4O5. The monoisotopic (exact) mass is 402 g/mol. The predicted octanol–water partition coefficient (Wildman–Crippen LogP) is 2.83. The molecule has 4 N–H and O–H groups in total. The van der Waals surface area contributed by atoms with Gasteiger partial charge in [-0.05, 0) is 44.5 Å². The molecule has 1 heterocycles. The molecular weight excluding hydrogens is 376 g/mol. The summed E-state index contributed by atoms with van der Waals surface area (Å²) in [5, 5.41) is 8.07. The van der Waals surface area contributed by atoms with Crippen molar-refractivity contribution in [3.05, 3.63) is 46.8 Å². The van der Waals surface area contributed by atoms with E-state index in [-0.39, 0.29) is 18.3 Å². The van der Waals surface area contributed by atoms with E-state index in [1.54, 1.807) is 38.1 Å². The molecule has 1 aromatic carbocycles. The van der Waals surface area contributed by atoms with Crippen molar-refractivity contribution in [1.29, 1.82) is 0 Å². The molecule has 0 atom stereocenters. The number of H-pyrrole nitrogens is 1. The minimum absolute atomic E-state index is 0.131. The van der Waals surface area contributed by atoms with Crippen LogP contribution in [0.15, 0.2) is 24.3 Å². The summed E-state index contributed by atoms with van der Waals surface area (Å²) in [6.45, 7) is 6.13. The molecule has 2 rings (SSSR count). The Bertz CT molecular complexity index is 891. The number of methoxy groups -OCH3 is 1. The van der Waals surface area contributed by atoms with E-state index in [2.05, 4.69) is 20.9 Å². The first kappa shape index (κ1) is 22.0. The van der Waals surface area contributed by atoms with E-state index in [0.717, 1.165) is 0 Å². The first-order valence-corrected chi connectivity index (χ1v) is 9.18. The van der Waals surface area contributed by atoms with Crippen LogP contribution in [0.4, 0.5) is 16.2 Å². The topological polar surface area (TPSA) is 122 Å². The maximum Gasteiger partial charge on any atom is 0.340 e. The molecule has 0 radical (unpaired) electrons. The Hall–Kier alpha value is -3.33. The zero-order chi connectivity index (χ0) is 21.4. The van der Waals surface area contributed by atoms with E-state index in [1.807, 2.05) is 6.92 Å². The Morgan fingerprint density at radius 2 is 1.76 bits per heavy atom. The average molecular weight is 402 g/mol. The fourth-order valence-electron chi connectivity index (χ4n) is 2.78. The highest BCUT2D eigenvalue weighted by Crippen LogP contribution is 2.21. The van der Waals surface area contributed by atoms with Gasteiger partial charge in [-0.15, -0.1) is 0 Å². The van der Waals surface area contributed by atoms with Gasteiger partial charge in [0.25, 0.3) is 5.91 Å². The summed E-state index contributed by atoms with van der Waals surface area (Å²) in [6, 6.07) is 6.43. The standard InChI is InChI=1S/C20H26N4O5/c1-5-21-20(27)24-15-8-6-7-14(11-15)23-18(25)17-12(2)16(13(3)22-17)19(26)29-10-9-28-4/h6-8,11,22H,5,9-10H2,1-4H3,(H,23,25)(H2,21,24,27). The Morgan fingerprint density at radius 3 is 2.41 bits per heavy atom. The second-order valence-electron chi connectivity index (χ2n) is 6.27. The normalized spacial score (nSPS) is 10.3. The van der Waals surface area contributed by atoms with E-state index in [9.17, 15) is 14.4 Å². The van der Waals surface area contributed by atoms with Gasteiger partial charge in [0.05, 0.1) is 12.2 Å². The van der Waals surface area contributed by atoms with Crippen LogP contribution in [0.1, 0.15) is 39.0 Å². The molecule has 1 aromatic heterocycles. The van der Waals surface area contributed by atoms with Crippen molar-refractivity contribution in [3.63, 3.8) is 0 Å². The van der Waals surface area contributed by atoms with E-state index < -0.39 is 11.9 Å². The molecule has 0 spiro atoms. The number of amides is 3. The molecule has 0 saturated carbocycles. The van der Waals surface area contributed by atoms with Crippen molar-refractivity contribution < 1.29 is 23.9 Å². The number of aryl methyl sites for hydroxylation is 1.